The van der Waals surface area contributed by atoms with Gasteiger partial charge < -0.3 is 4.90 Å². The predicted molar refractivity (Wildman–Crippen MR) is 40.9 cm³/mol. The minimum Gasteiger partial charge on any atom is -0.342 e. The van der Waals surface area contributed by atoms with E-state index < -0.39 is 0 Å². The fourth-order valence-corrected chi connectivity index (χ4v) is 3.47. The quantitative estimate of drug-likeness (QED) is 0.503. The van der Waals surface area contributed by atoms with Crippen molar-refractivity contribution in [2.75, 3.05) is 7.05 Å². The molecule has 3 fully saturated rings. The van der Waals surface area contributed by atoms with Crippen molar-refractivity contribution in [1.29, 1.82) is 0 Å². The number of amides is 1. The van der Waals surface area contributed by atoms with E-state index in [0.29, 0.717) is 17.9 Å². The van der Waals surface area contributed by atoms with Crippen molar-refractivity contribution in [3.05, 3.63) is 0 Å². The molecule has 3 aliphatic rings. The molecular weight excluding hydrogens is 138 g/mol. The number of fused-ring (bicyclic) bond motifs is 1. The fourth-order valence-electron chi connectivity index (χ4n) is 3.47. The molecule has 60 valence electrons. The summed E-state index contributed by atoms with van der Waals surface area (Å²) in [5.41, 5.74) is 0. The Morgan fingerprint density at radius 2 is 2.18 bits per heavy atom. The lowest BCUT2D eigenvalue weighted by Gasteiger charge is -2.19. The molecule has 0 aromatic carbocycles. The highest BCUT2D eigenvalue weighted by atomic mass is 16.2. The standard InChI is InChI=1S/C9H13NO/c1-10-8-4-5-2-6(8)7(3-5)9(10)11/h5-8H,2-4H2,1H3/t5-,6+,7-,8+/m0/s1. The summed E-state index contributed by atoms with van der Waals surface area (Å²) in [4.78, 5) is 13.6. The minimum absolute atomic E-state index is 0.431. The van der Waals surface area contributed by atoms with Crippen LogP contribution in [0.1, 0.15) is 19.3 Å². The third kappa shape index (κ3) is 0.534. The maximum Gasteiger partial charge on any atom is 0.226 e. The molecule has 2 heteroatoms. The lowest BCUT2D eigenvalue weighted by molar-refractivity contribution is -0.130. The van der Waals surface area contributed by atoms with Gasteiger partial charge in [-0.25, -0.2) is 0 Å². The summed E-state index contributed by atoms with van der Waals surface area (Å²) >= 11 is 0. The molecule has 0 N–H and O–H groups in total. The smallest absolute Gasteiger partial charge is 0.226 e. The maximum atomic E-state index is 11.5. The molecule has 1 aliphatic heterocycles. The van der Waals surface area contributed by atoms with E-state index >= 15 is 0 Å². The fraction of sp³-hybridized carbons (Fsp3) is 0.889. The summed E-state index contributed by atoms with van der Waals surface area (Å²) in [6.45, 7) is 0. The molecule has 2 nitrogen and oxygen atoms in total. The topological polar surface area (TPSA) is 20.3 Å². The van der Waals surface area contributed by atoms with Crippen molar-refractivity contribution in [3.63, 3.8) is 0 Å². The van der Waals surface area contributed by atoms with E-state index in [-0.39, 0.29) is 0 Å². The lowest BCUT2D eigenvalue weighted by atomic mass is 9.90. The Bertz CT molecular complexity index is 226. The molecule has 1 saturated heterocycles. The third-order valence-electron chi connectivity index (χ3n) is 3.94. The maximum absolute atomic E-state index is 11.5. The number of hydrogen-bond donors (Lipinski definition) is 0. The number of nitrogens with zero attached hydrogens (tertiary/aromatic N) is 1. The highest BCUT2D eigenvalue weighted by Gasteiger charge is 2.56. The van der Waals surface area contributed by atoms with Crippen LogP contribution in [-0.2, 0) is 4.79 Å². The van der Waals surface area contributed by atoms with Crippen LogP contribution in [0.5, 0.6) is 0 Å². The zero-order valence-corrected chi connectivity index (χ0v) is 6.79. The lowest BCUT2D eigenvalue weighted by Crippen LogP contribution is -2.28. The van der Waals surface area contributed by atoms with E-state index in [1.165, 1.54) is 19.3 Å². The zero-order chi connectivity index (χ0) is 7.59. The van der Waals surface area contributed by atoms with Gasteiger partial charge in [0, 0.05) is 19.0 Å². The normalized spacial score (nSPS) is 52.8. The van der Waals surface area contributed by atoms with Crippen LogP contribution in [0.3, 0.4) is 0 Å². The third-order valence-corrected chi connectivity index (χ3v) is 3.94. The molecule has 3 rings (SSSR count). The summed E-state index contributed by atoms with van der Waals surface area (Å²) in [7, 11) is 1.98. The first kappa shape index (κ1) is 6.04. The second-order valence-electron chi connectivity index (χ2n) is 4.36. The molecule has 4 atom stereocenters. The first-order valence-corrected chi connectivity index (χ1v) is 4.54. The van der Waals surface area contributed by atoms with E-state index in [0.717, 1.165) is 11.8 Å². The van der Waals surface area contributed by atoms with Crippen molar-refractivity contribution < 1.29 is 4.79 Å². The molecule has 2 saturated carbocycles. The molecule has 0 radical (unpaired) electrons. The monoisotopic (exact) mass is 151 g/mol. The average molecular weight is 151 g/mol. The summed E-state index contributed by atoms with van der Waals surface area (Å²) in [5.74, 6) is 2.50. The van der Waals surface area contributed by atoms with E-state index in [1.54, 1.807) is 0 Å². The predicted octanol–water partition coefficient (Wildman–Crippen LogP) is 0.873. The Kier molecular flexibility index (Phi) is 0.890. The van der Waals surface area contributed by atoms with Crippen molar-refractivity contribution in [1.82, 2.24) is 4.90 Å². The van der Waals surface area contributed by atoms with Gasteiger partial charge in [-0.15, -0.1) is 0 Å². The molecule has 11 heavy (non-hydrogen) atoms. The summed E-state index contributed by atoms with van der Waals surface area (Å²) in [5, 5.41) is 0. The van der Waals surface area contributed by atoms with Crippen LogP contribution in [-0.4, -0.2) is 23.9 Å². The van der Waals surface area contributed by atoms with Crippen LogP contribution in [0.2, 0.25) is 0 Å². The number of carbonyl (C=O) groups is 1. The van der Waals surface area contributed by atoms with Gasteiger partial charge in [-0.3, -0.25) is 4.79 Å². The van der Waals surface area contributed by atoms with Gasteiger partial charge in [-0.2, -0.15) is 0 Å². The van der Waals surface area contributed by atoms with Gasteiger partial charge in [-0.1, -0.05) is 0 Å². The second kappa shape index (κ2) is 1.62. The van der Waals surface area contributed by atoms with E-state index in [4.69, 9.17) is 0 Å². The highest BCUT2D eigenvalue weighted by molar-refractivity contribution is 5.82. The summed E-state index contributed by atoms with van der Waals surface area (Å²) in [6, 6.07) is 0.631. The molecule has 0 spiro atoms. The average Bonchev–Trinajstić information content (AvgIpc) is 2.60. The van der Waals surface area contributed by atoms with Crippen molar-refractivity contribution >= 4 is 5.91 Å². The van der Waals surface area contributed by atoms with E-state index in [9.17, 15) is 4.79 Å². The Morgan fingerprint density at radius 1 is 1.36 bits per heavy atom. The summed E-state index contributed by atoms with van der Waals surface area (Å²) in [6.07, 6.45) is 3.83. The second-order valence-corrected chi connectivity index (χ2v) is 4.36. The largest absolute Gasteiger partial charge is 0.342 e. The van der Waals surface area contributed by atoms with Gasteiger partial charge in [0.1, 0.15) is 0 Å². The first-order chi connectivity index (χ1) is 5.27. The van der Waals surface area contributed by atoms with Crippen LogP contribution in [0.15, 0.2) is 0 Å². The Hall–Kier alpha value is -0.530. The molecule has 0 unspecified atom stereocenters. The van der Waals surface area contributed by atoms with Gasteiger partial charge in [0.2, 0.25) is 5.91 Å². The number of carbonyl (C=O) groups excluding carboxylic acids is 1. The molecule has 0 aromatic heterocycles. The zero-order valence-electron chi connectivity index (χ0n) is 6.79. The molecule has 1 heterocycles. The minimum atomic E-state index is 0.431. The molecule has 0 aromatic rings. The van der Waals surface area contributed by atoms with Gasteiger partial charge in [-0.05, 0) is 31.1 Å². The van der Waals surface area contributed by atoms with Crippen LogP contribution in [0.25, 0.3) is 0 Å². The van der Waals surface area contributed by atoms with Crippen LogP contribution in [0.4, 0.5) is 0 Å². The van der Waals surface area contributed by atoms with Crippen molar-refractivity contribution in [2.45, 2.75) is 25.3 Å². The Morgan fingerprint density at radius 3 is 2.73 bits per heavy atom. The summed E-state index contributed by atoms with van der Waals surface area (Å²) < 4.78 is 0. The molecule has 2 bridgehead atoms. The number of hydrogen-bond acceptors (Lipinski definition) is 1. The Labute approximate surface area is 66.6 Å². The van der Waals surface area contributed by atoms with E-state index in [2.05, 4.69) is 0 Å². The van der Waals surface area contributed by atoms with Crippen molar-refractivity contribution in [2.24, 2.45) is 17.8 Å². The first-order valence-electron chi connectivity index (χ1n) is 4.54. The van der Waals surface area contributed by atoms with Crippen molar-refractivity contribution in [3.8, 4) is 0 Å². The van der Waals surface area contributed by atoms with Gasteiger partial charge in [0.25, 0.3) is 0 Å². The number of likely N-dealkylation sites (tertiary alicyclic amines) is 1. The van der Waals surface area contributed by atoms with Crippen LogP contribution < -0.4 is 0 Å². The van der Waals surface area contributed by atoms with E-state index in [1.807, 2.05) is 11.9 Å². The molecular formula is C9H13NO. The molecule has 2 aliphatic carbocycles. The molecule has 1 amide bonds. The Balaban J connectivity index is 2.05. The van der Waals surface area contributed by atoms with Gasteiger partial charge in [0.05, 0.1) is 0 Å². The number of rotatable bonds is 0. The van der Waals surface area contributed by atoms with Crippen LogP contribution >= 0.6 is 0 Å². The van der Waals surface area contributed by atoms with Gasteiger partial charge >= 0.3 is 0 Å². The van der Waals surface area contributed by atoms with Crippen LogP contribution in [0, 0.1) is 17.8 Å². The SMILES string of the molecule is CN1C(=O)[C@H]2C[C@@H]3C[C@H]2[C@H]1C3. The van der Waals surface area contributed by atoms with Gasteiger partial charge in [0.15, 0.2) is 0 Å². The highest BCUT2D eigenvalue weighted by Crippen LogP contribution is 2.54.